The smallest absolute Gasteiger partial charge is 0.194 e. The molecule has 4 aromatic rings. The summed E-state index contributed by atoms with van der Waals surface area (Å²) in [6, 6.07) is 19.1. The molecule has 174 valence electrons. The van der Waals surface area contributed by atoms with Gasteiger partial charge >= 0.3 is 0 Å². The molecule has 0 spiro atoms. The summed E-state index contributed by atoms with van der Waals surface area (Å²) >= 11 is 0. The minimum Gasteiger partial charge on any atom is -0.490 e. The van der Waals surface area contributed by atoms with Gasteiger partial charge in [0.15, 0.2) is 17.5 Å². The minimum absolute atomic E-state index is 0.200. The van der Waals surface area contributed by atoms with Crippen molar-refractivity contribution in [3.63, 3.8) is 0 Å². The fraction of sp³-hybridized carbons (Fsp3) is 0.172. The van der Waals surface area contributed by atoms with Crippen LogP contribution in [0.3, 0.4) is 0 Å². The van der Waals surface area contributed by atoms with Gasteiger partial charge in [0, 0.05) is 5.39 Å². The zero-order valence-electron chi connectivity index (χ0n) is 18.6. The van der Waals surface area contributed by atoms with Crippen LogP contribution >= 0.6 is 0 Å². The summed E-state index contributed by atoms with van der Waals surface area (Å²) in [5, 5.41) is 1.30. The standard InChI is InChI=1S/C29H24F4O/c1-2-15-34-24-12-6-19(7-13-24)3-4-20-8-14-25-23(16-20)11-10-22(28(25)32)9-5-21-17-26(30)29(33)27(31)18-21/h2,6-8,10-14,16-18H,1,3-5,9,15H2. The summed E-state index contributed by atoms with van der Waals surface area (Å²) < 4.78 is 60.6. The second kappa shape index (κ2) is 10.6. The Balaban J connectivity index is 1.42. The van der Waals surface area contributed by atoms with Crippen molar-refractivity contribution in [1.29, 1.82) is 0 Å². The molecule has 0 aliphatic carbocycles. The van der Waals surface area contributed by atoms with Crippen LogP contribution in [0, 0.1) is 23.3 Å². The maximum atomic E-state index is 15.1. The molecule has 0 bridgehead atoms. The molecule has 0 aliphatic rings. The molecule has 0 unspecified atom stereocenters. The molecular formula is C29H24F4O. The Morgan fingerprint density at radius 2 is 1.29 bits per heavy atom. The first-order valence-electron chi connectivity index (χ1n) is 11.1. The lowest BCUT2D eigenvalue weighted by atomic mass is 9.97. The van der Waals surface area contributed by atoms with Crippen LogP contribution in [0.1, 0.15) is 22.3 Å². The quantitative estimate of drug-likeness (QED) is 0.141. The molecule has 5 heteroatoms. The third kappa shape index (κ3) is 5.48. The number of ether oxygens (including phenoxy) is 1. The van der Waals surface area contributed by atoms with E-state index in [4.69, 9.17) is 4.74 Å². The molecule has 0 radical (unpaired) electrons. The van der Waals surface area contributed by atoms with Crippen molar-refractivity contribution in [3.05, 3.63) is 125 Å². The summed E-state index contributed by atoms with van der Waals surface area (Å²) in [6.45, 7) is 4.10. The predicted octanol–water partition coefficient (Wildman–Crippen LogP) is 7.53. The first kappa shape index (κ1) is 23.6. The van der Waals surface area contributed by atoms with E-state index >= 15 is 4.39 Å². The van der Waals surface area contributed by atoms with Crippen LogP contribution in [-0.4, -0.2) is 6.61 Å². The van der Waals surface area contributed by atoms with Crippen molar-refractivity contribution in [2.45, 2.75) is 25.7 Å². The second-order valence-electron chi connectivity index (χ2n) is 8.21. The third-order valence-electron chi connectivity index (χ3n) is 5.82. The molecule has 0 fully saturated rings. The fourth-order valence-corrected chi connectivity index (χ4v) is 3.96. The zero-order chi connectivity index (χ0) is 24.1. The van der Waals surface area contributed by atoms with Crippen LogP contribution in [0.25, 0.3) is 10.8 Å². The number of aryl methyl sites for hydroxylation is 4. The molecule has 1 nitrogen and oxygen atoms in total. The Hall–Kier alpha value is -3.60. The molecule has 0 N–H and O–H groups in total. The van der Waals surface area contributed by atoms with Crippen LogP contribution in [0.5, 0.6) is 5.75 Å². The molecule has 0 aliphatic heterocycles. The largest absolute Gasteiger partial charge is 0.490 e. The molecule has 4 rings (SSSR count). The van der Waals surface area contributed by atoms with E-state index in [2.05, 4.69) is 6.58 Å². The molecule has 0 heterocycles. The van der Waals surface area contributed by atoms with Gasteiger partial charge in [-0.25, -0.2) is 17.6 Å². The summed E-state index contributed by atoms with van der Waals surface area (Å²) in [5.74, 6) is -3.51. The third-order valence-corrected chi connectivity index (χ3v) is 5.82. The van der Waals surface area contributed by atoms with Crippen LogP contribution in [0.4, 0.5) is 17.6 Å². The minimum atomic E-state index is -1.49. The van der Waals surface area contributed by atoms with Gasteiger partial charge in [0.05, 0.1) is 0 Å². The molecule has 0 saturated carbocycles. The fourth-order valence-electron chi connectivity index (χ4n) is 3.96. The highest BCUT2D eigenvalue weighted by Crippen LogP contribution is 2.25. The van der Waals surface area contributed by atoms with E-state index in [-0.39, 0.29) is 24.2 Å². The van der Waals surface area contributed by atoms with Gasteiger partial charge in [-0.15, -0.1) is 0 Å². The van der Waals surface area contributed by atoms with Gasteiger partial charge < -0.3 is 4.74 Å². The van der Waals surface area contributed by atoms with Gasteiger partial charge in [-0.1, -0.05) is 55.1 Å². The molecule has 0 amide bonds. The first-order chi connectivity index (χ1) is 16.4. The normalized spacial score (nSPS) is 11.1. The van der Waals surface area contributed by atoms with Gasteiger partial charge in [-0.3, -0.25) is 0 Å². The predicted molar refractivity (Wildman–Crippen MR) is 127 cm³/mol. The molecular weight excluding hydrogens is 440 g/mol. The Morgan fingerprint density at radius 3 is 2.00 bits per heavy atom. The van der Waals surface area contributed by atoms with E-state index in [1.54, 1.807) is 18.2 Å². The molecule has 34 heavy (non-hydrogen) atoms. The average molecular weight is 465 g/mol. The average Bonchev–Trinajstić information content (AvgIpc) is 2.85. The number of rotatable bonds is 9. The maximum absolute atomic E-state index is 15.1. The van der Waals surface area contributed by atoms with Gasteiger partial charge in [-0.2, -0.15) is 0 Å². The number of hydrogen-bond donors (Lipinski definition) is 0. The van der Waals surface area contributed by atoms with Crippen molar-refractivity contribution >= 4 is 10.8 Å². The Morgan fingerprint density at radius 1 is 0.647 bits per heavy atom. The van der Waals surface area contributed by atoms with Crippen molar-refractivity contribution in [2.75, 3.05) is 6.61 Å². The van der Waals surface area contributed by atoms with Gasteiger partial charge in [0.1, 0.15) is 18.2 Å². The lowest BCUT2D eigenvalue weighted by Gasteiger charge is -2.10. The Labute approximate surface area is 196 Å². The highest BCUT2D eigenvalue weighted by atomic mass is 19.2. The second-order valence-corrected chi connectivity index (χ2v) is 8.21. The van der Waals surface area contributed by atoms with E-state index in [0.717, 1.165) is 41.7 Å². The number of fused-ring (bicyclic) bond motifs is 1. The molecule has 0 atom stereocenters. The first-order valence-corrected chi connectivity index (χ1v) is 11.1. The molecule has 4 aromatic carbocycles. The maximum Gasteiger partial charge on any atom is 0.194 e. The van der Waals surface area contributed by atoms with E-state index in [1.807, 2.05) is 42.5 Å². The van der Waals surface area contributed by atoms with Gasteiger partial charge in [0.2, 0.25) is 0 Å². The molecule has 0 saturated heterocycles. The van der Waals surface area contributed by atoms with Crippen LogP contribution < -0.4 is 4.74 Å². The van der Waals surface area contributed by atoms with Crippen molar-refractivity contribution in [2.24, 2.45) is 0 Å². The van der Waals surface area contributed by atoms with E-state index in [9.17, 15) is 13.2 Å². The number of benzene rings is 4. The Bertz CT molecular complexity index is 1290. The SMILES string of the molecule is C=CCOc1ccc(CCc2ccc3c(F)c(CCc4cc(F)c(F)c(F)c4)ccc3c2)cc1. The Kier molecular flexibility index (Phi) is 7.31. The summed E-state index contributed by atoms with van der Waals surface area (Å²) in [6.07, 6.45) is 3.81. The van der Waals surface area contributed by atoms with E-state index in [1.165, 1.54) is 5.56 Å². The van der Waals surface area contributed by atoms with Crippen LogP contribution in [-0.2, 0) is 25.7 Å². The number of hydrogen-bond acceptors (Lipinski definition) is 1. The van der Waals surface area contributed by atoms with E-state index < -0.39 is 17.5 Å². The highest BCUT2D eigenvalue weighted by Gasteiger charge is 2.12. The summed E-state index contributed by atoms with van der Waals surface area (Å²) in [4.78, 5) is 0. The van der Waals surface area contributed by atoms with Crippen LogP contribution in [0.15, 0.2) is 79.4 Å². The zero-order valence-corrected chi connectivity index (χ0v) is 18.6. The lowest BCUT2D eigenvalue weighted by molar-refractivity contribution is 0.363. The highest BCUT2D eigenvalue weighted by molar-refractivity contribution is 5.84. The topological polar surface area (TPSA) is 9.23 Å². The van der Waals surface area contributed by atoms with Crippen LogP contribution in [0.2, 0.25) is 0 Å². The van der Waals surface area contributed by atoms with Crippen molar-refractivity contribution in [3.8, 4) is 5.75 Å². The van der Waals surface area contributed by atoms with Crippen molar-refractivity contribution < 1.29 is 22.3 Å². The molecule has 0 aromatic heterocycles. The monoisotopic (exact) mass is 464 g/mol. The van der Waals surface area contributed by atoms with Gasteiger partial charge in [0.25, 0.3) is 0 Å². The van der Waals surface area contributed by atoms with E-state index in [0.29, 0.717) is 17.6 Å². The van der Waals surface area contributed by atoms with Crippen molar-refractivity contribution in [1.82, 2.24) is 0 Å². The van der Waals surface area contributed by atoms with Gasteiger partial charge in [-0.05, 0) is 77.6 Å². The summed E-state index contributed by atoms with van der Waals surface area (Å²) in [5.41, 5.74) is 3.01. The lowest BCUT2D eigenvalue weighted by Crippen LogP contribution is -1.99. The summed E-state index contributed by atoms with van der Waals surface area (Å²) in [7, 11) is 0. The number of halogens is 4.